The number of hydrogen-bond donors (Lipinski definition) is 1. The third-order valence-electron chi connectivity index (χ3n) is 3.36. The topological polar surface area (TPSA) is 46.9 Å². The van der Waals surface area contributed by atoms with E-state index in [4.69, 9.17) is 0 Å². The Kier molecular flexibility index (Phi) is 4.47. The molecule has 0 saturated carbocycles. The van der Waals surface area contributed by atoms with E-state index in [0.717, 1.165) is 17.0 Å². The molecule has 2 heterocycles. The number of hydrogen-bond acceptors (Lipinski definition) is 3. The second kappa shape index (κ2) is 6.70. The van der Waals surface area contributed by atoms with Crippen molar-refractivity contribution in [2.24, 2.45) is 0 Å². The first kappa shape index (κ1) is 15.4. The predicted molar refractivity (Wildman–Crippen MR) is 83.4 cm³/mol. The molecule has 0 aliphatic heterocycles. The first-order valence-electron chi connectivity index (χ1n) is 6.91. The van der Waals surface area contributed by atoms with Crippen molar-refractivity contribution in [1.82, 2.24) is 15.1 Å². The van der Waals surface area contributed by atoms with Crippen molar-refractivity contribution in [3.05, 3.63) is 76.2 Å². The lowest BCUT2D eigenvalue weighted by Gasteiger charge is -2.17. The Bertz CT molecular complexity index is 733. The zero-order valence-corrected chi connectivity index (χ0v) is 12.8. The number of halogens is 2. The van der Waals surface area contributed by atoms with Crippen LogP contribution in [0.3, 0.4) is 0 Å². The van der Waals surface area contributed by atoms with Crippen LogP contribution in [0.5, 0.6) is 0 Å². The fourth-order valence-electron chi connectivity index (χ4n) is 2.26. The second-order valence-electron chi connectivity index (χ2n) is 4.82. The molecule has 1 aromatic carbocycles. The van der Waals surface area contributed by atoms with Crippen LogP contribution < -0.4 is 5.32 Å². The molecular formula is C16H13F2N3OS. The lowest BCUT2D eigenvalue weighted by atomic mass is 10.1. The molecule has 0 fully saturated rings. The number of nitrogens with zero attached hydrogens (tertiary/aromatic N) is 2. The highest BCUT2D eigenvalue weighted by atomic mass is 32.1. The Labute approximate surface area is 135 Å². The number of carbonyl (C=O) groups excluding carboxylic acids is 1. The van der Waals surface area contributed by atoms with Gasteiger partial charge in [0.25, 0.3) is 5.91 Å². The molecule has 2 aromatic heterocycles. The zero-order valence-electron chi connectivity index (χ0n) is 11.9. The van der Waals surface area contributed by atoms with Gasteiger partial charge in [-0.1, -0.05) is 12.1 Å². The summed E-state index contributed by atoms with van der Waals surface area (Å²) in [6, 6.07) is 8.70. The third-order valence-corrected chi connectivity index (χ3v) is 4.34. The number of thiophene rings is 1. The fraction of sp³-hybridized carbons (Fsp3) is 0.125. The highest BCUT2D eigenvalue weighted by molar-refractivity contribution is 7.10. The molecule has 0 aliphatic rings. The van der Waals surface area contributed by atoms with E-state index in [2.05, 4.69) is 10.4 Å². The summed E-state index contributed by atoms with van der Waals surface area (Å²) in [7, 11) is 0. The molecular weight excluding hydrogens is 320 g/mol. The Morgan fingerprint density at radius 2 is 2.00 bits per heavy atom. The van der Waals surface area contributed by atoms with Crippen molar-refractivity contribution >= 4 is 17.2 Å². The van der Waals surface area contributed by atoms with Crippen LogP contribution in [-0.2, 0) is 0 Å². The molecule has 0 bridgehead atoms. The molecule has 1 amide bonds. The molecule has 3 rings (SSSR count). The Hall–Kier alpha value is -2.54. The summed E-state index contributed by atoms with van der Waals surface area (Å²) in [4.78, 5) is 13.1. The van der Waals surface area contributed by atoms with E-state index < -0.39 is 23.1 Å². The van der Waals surface area contributed by atoms with E-state index in [1.165, 1.54) is 17.4 Å². The maximum atomic E-state index is 13.7. The van der Waals surface area contributed by atoms with E-state index in [0.29, 0.717) is 0 Å². The van der Waals surface area contributed by atoms with Crippen LogP contribution in [-0.4, -0.2) is 22.2 Å². The molecule has 1 N–H and O–H groups in total. The first-order valence-corrected chi connectivity index (χ1v) is 7.79. The normalized spacial score (nSPS) is 12.1. The van der Waals surface area contributed by atoms with Crippen molar-refractivity contribution in [2.45, 2.75) is 6.04 Å². The van der Waals surface area contributed by atoms with Gasteiger partial charge in [-0.3, -0.25) is 9.48 Å². The minimum absolute atomic E-state index is 0.175. The summed E-state index contributed by atoms with van der Waals surface area (Å²) in [5, 5.41) is 8.69. The molecule has 23 heavy (non-hydrogen) atoms. The van der Waals surface area contributed by atoms with Crippen LogP contribution >= 0.6 is 11.3 Å². The molecule has 3 aromatic rings. The molecule has 0 saturated heterocycles. The fourth-order valence-corrected chi connectivity index (χ4v) is 3.08. The monoisotopic (exact) mass is 333 g/mol. The minimum atomic E-state index is -0.880. The maximum absolute atomic E-state index is 13.7. The van der Waals surface area contributed by atoms with Gasteiger partial charge in [0.1, 0.15) is 23.2 Å². The summed E-state index contributed by atoms with van der Waals surface area (Å²) >= 11 is 1.52. The number of benzene rings is 1. The molecule has 118 valence electrons. The Morgan fingerprint density at radius 3 is 2.61 bits per heavy atom. The third kappa shape index (κ3) is 3.29. The summed E-state index contributed by atoms with van der Waals surface area (Å²) in [5.74, 6) is -2.54. The summed E-state index contributed by atoms with van der Waals surface area (Å²) in [6.45, 7) is 0.175. The molecule has 0 radical (unpaired) electrons. The highest BCUT2D eigenvalue weighted by Gasteiger charge is 2.20. The zero-order chi connectivity index (χ0) is 16.2. The van der Waals surface area contributed by atoms with E-state index in [1.807, 2.05) is 17.5 Å². The van der Waals surface area contributed by atoms with Gasteiger partial charge in [-0.25, -0.2) is 8.78 Å². The van der Waals surface area contributed by atoms with Gasteiger partial charge in [-0.15, -0.1) is 11.3 Å². The number of aromatic nitrogens is 2. The summed E-state index contributed by atoms with van der Waals surface area (Å²) < 4.78 is 29.0. The molecule has 4 nitrogen and oxygen atoms in total. The molecule has 1 atom stereocenters. The lowest BCUT2D eigenvalue weighted by Crippen LogP contribution is -2.32. The average Bonchev–Trinajstić information content (AvgIpc) is 3.21. The number of carbonyl (C=O) groups is 1. The lowest BCUT2D eigenvalue weighted by molar-refractivity contribution is 0.0941. The molecule has 0 aliphatic carbocycles. The standard InChI is InChI=1S/C16H13F2N3OS/c17-11-4-1-5-12(18)15(11)16(22)19-10-13(14-6-2-9-23-14)21-8-3-7-20-21/h1-9,13H,10H2,(H,19,22)/t13-/m1/s1. The highest BCUT2D eigenvalue weighted by Crippen LogP contribution is 2.22. The van der Waals surface area contributed by atoms with Gasteiger partial charge in [0, 0.05) is 23.8 Å². The van der Waals surface area contributed by atoms with Crippen molar-refractivity contribution < 1.29 is 13.6 Å². The van der Waals surface area contributed by atoms with E-state index >= 15 is 0 Å². The smallest absolute Gasteiger partial charge is 0.257 e. The Balaban J connectivity index is 1.78. The minimum Gasteiger partial charge on any atom is -0.349 e. The van der Waals surface area contributed by atoms with E-state index in [1.54, 1.807) is 23.1 Å². The van der Waals surface area contributed by atoms with Crippen molar-refractivity contribution in [1.29, 1.82) is 0 Å². The van der Waals surface area contributed by atoms with Crippen LogP contribution in [0, 0.1) is 11.6 Å². The molecule has 7 heteroatoms. The van der Waals surface area contributed by atoms with E-state index in [-0.39, 0.29) is 12.6 Å². The average molecular weight is 333 g/mol. The van der Waals surface area contributed by atoms with Gasteiger partial charge in [-0.2, -0.15) is 5.10 Å². The van der Waals surface area contributed by atoms with Crippen molar-refractivity contribution in [2.75, 3.05) is 6.54 Å². The van der Waals surface area contributed by atoms with Crippen LogP contribution in [0.4, 0.5) is 8.78 Å². The quantitative estimate of drug-likeness (QED) is 0.779. The van der Waals surface area contributed by atoms with Crippen LogP contribution in [0.1, 0.15) is 21.3 Å². The largest absolute Gasteiger partial charge is 0.349 e. The van der Waals surface area contributed by atoms with Gasteiger partial charge >= 0.3 is 0 Å². The van der Waals surface area contributed by atoms with Gasteiger partial charge in [0.2, 0.25) is 0 Å². The number of amides is 1. The summed E-state index contributed by atoms with van der Waals surface area (Å²) in [5.41, 5.74) is -0.571. The number of nitrogens with one attached hydrogen (secondary N) is 1. The van der Waals surface area contributed by atoms with Crippen molar-refractivity contribution in [3.8, 4) is 0 Å². The van der Waals surface area contributed by atoms with Crippen LogP contribution in [0.15, 0.2) is 54.2 Å². The first-order chi connectivity index (χ1) is 11.2. The summed E-state index contributed by atoms with van der Waals surface area (Å²) in [6.07, 6.45) is 3.42. The number of rotatable bonds is 5. The van der Waals surface area contributed by atoms with Crippen LogP contribution in [0.2, 0.25) is 0 Å². The predicted octanol–water partition coefficient (Wildman–Crippen LogP) is 3.24. The maximum Gasteiger partial charge on any atom is 0.257 e. The van der Waals surface area contributed by atoms with Crippen LogP contribution in [0.25, 0.3) is 0 Å². The van der Waals surface area contributed by atoms with Gasteiger partial charge in [-0.05, 0) is 29.6 Å². The molecule has 0 unspecified atom stereocenters. The van der Waals surface area contributed by atoms with E-state index in [9.17, 15) is 13.6 Å². The van der Waals surface area contributed by atoms with Gasteiger partial charge in [0.05, 0.1) is 0 Å². The van der Waals surface area contributed by atoms with Gasteiger partial charge in [0.15, 0.2) is 0 Å². The Morgan fingerprint density at radius 1 is 1.22 bits per heavy atom. The van der Waals surface area contributed by atoms with Gasteiger partial charge < -0.3 is 5.32 Å². The second-order valence-corrected chi connectivity index (χ2v) is 5.80. The molecule has 0 spiro atoms. The van der Waals surface area contributed by atoms with Crippen molar-refractivity contribution in [3.63, 3.8) is 0 Å². The SMILES string of the molecule is O=C(NC[C@H](c1cccs1)n1cccn1)c1c(F)cccc1F.